The van der Waals surface area contributed by atoms with Crippen molar-refractivity contribution in [2.45, 2.75) is 6.42 Å². The number of benzene rings is 2. The number of nitro benzene ring substituents is 1. The highest BCUT2D eigenvalue weighted by molar-refractivity contribution is 5.98. The number of nitrogens with two attached hydrogens (primary N) is 1. The lowest BCUT2D eigenvalue weighted by atomic mass is 10.0. The fraction of sp³-hybridized carbons (Fsp3) is 0.133. The number of pyridine rings is 1. The Hall–Kier alpha value is -2.73. The Morgan fingerprint density at radius 2 is 1.95 bits per heavy atom. The fourth-order valence-electron chi connectivity index (χ4n) is 2.58. The van der Waals surface area contributed by atoms with Gasteiger partial charge in [-0.15, -0.1) is 0 Å². The van der Waals surface area contributed by atoms with Crippen LogP contribution >= 0.6 is 0 Å². The molecule has 3 N–H and O–H groups in total. The van der Waals surface area contributed by atoms with Crippen LogP contribution in [0.3, 0.4) is 0 Å². The van der Waals surface area contributed by atoms with Gasteiger partial charge in [-0.05, 0) is 30.7 Å². The molecule has 0 saturated carbocycles. The fourth-order valence-corrected chi connectivity index (χ4v) is 2.58. The van der Waals surface area contributed by atoms with Crippen molar-refractivity contribution in [2.24, 2.45) is 5.73 Å². The Morgan fingerprint density at radius 3 is 2.67 bits per heavy atom. The van der Waals surface area contributed by atoms with Gasteiger partial charge in [0.05, 0.1) is 10.4 Å². The molecule has 0 aliphatic carbocycles. The number of para-hydroxylation sites is 1. The molecule has 0 amide bonds. The van der Waals surface area contributed by atoms with Crippen LogP contribution < -0.4 is 11.2 Å². The number of rotatable bonds is 3. The average Bonchev–Trinajstić information content (AvgIpc) is 2.48. The molecular formula is C15H13N3O3. The van der Waals surface area contributed by atoms with Gasteiger partial charge in [-0.1, -0.05) is 18.2 Å². The van der Waals surface area contributed by atoms with Gasteiger partial charge in [-0.3, -0.25) is 14.9 Å². The van der Waals surface area contributed by atoms with Crippen LogP contribution in [0.5, 0.6) is 0 Å². The summed E-state index contributed by atoms with van der Waals surface area (Å²) in [6, 6.07) is 10.0. The van der Waals surface area contributed by atoms with Crippen LogP contribution in [0, 0.1) is 10.1 Å². The molecule has 3 aromatic rings. The quantitative estimate of drug-likeness (QED) is 0.436. The van der Waals surface area contributed by atoms with Crippen molar-refractivity contribution in [3.8, 4) is 0 Å². The van der Waals surface area contributed by atoms with E-state index in [-0.39, 0.29) is 16.5 Å². The third-order valence-electron chi connectivity index (χ3n) is 3.54. The molecule has 0 fully saturated rings. The largest absolute Gasteiger partial charge is 0.354 e. The summed E-state index contributed by atoms with van der Waals surface area (Å²) in [5.41, 5.74) is 7.03. The van der Waals surface area contributed by atoms with Gasteiger partial charge in [-0.25, -0.2) is 0 Å². The predicted molar refractivity (Wildman–Crippen MR) is 81.5 cm³/mol. The molecule has 0 unspecified atom stereocenters. The van der Waals surface area contributed by atoms with Crippen LogP contribution in [-0.2, 0) is 6.42 Å². The highest BCUT2D eigenvalue weighted by atomic mass is 16.6. The summed E-state index contributed by atoms with van der Waals surface area (Å²) >= 11 is 0. The number of nitro groups is 1. The van der Waals surface area contributed by atoms with Crippen LogP contribution in [0.25, 0.3) is 21.8 Å². The Balaban J connectivity index is 2.55. The van der Waals surface area contributed by atoms with E-state index in [4.69, 9.17) is 5.73 Å². The van der Waals surface area contributed by atoms with Gasteiger partial charge in [0.25, 0.3) is 5.69 Å². The third-order valence-corrected chi connectivity index (χ3v) is 3.54. The maximum absolute atomic E-state index is 12.6. The van der Waals surface area contributed by atoms with E-state index in [0.29, 0.717) is 29.4 Å². The first-order valence-corrected chi connectivity index (χ1v) is 6.54. The SMILES string of the molecule is NCCc1ccc([N+](=O)[O-])c2c(=O)c3ccccc3[nH]c12. The van der Waals surface area contributed by atoms with Crippen molar-refractivity contribution in [1.29, 1.82) is 0 Å². The first-order chi connectivity index (χ1) is 10.1. The second-order valence-corrected chi connectivity index (χ2v) is 4.79. The average molecular weight is 283 g/mol. The van der Waals surface area contributed by atoms with Gasteiger partial charge in [-0.2, -0.15) is 0 Å². The van der Waals surface area contributed by atoms with Crippen LogP contribution in [0.4, 0.5) is 5.69 Å². The molecular weight excluding hydrogens is 270 g/mol. The van der Waals surface area contributed by atoms with Gasteiger partial charge in [0, 0.05) is 17.0 Å². The first-order valence-electron chi connectivity index (χ1n) is 6.54. The number of fused-ring (bicyclic) bond motifs is 2. The van der Waals surface area contributed by atoms with Gasteiger partial charge in [0.15, 0.2) is 0 Å². The highest BCUT2D eigenvalue weighted by Gasteiger charge is 2.19. The topological polar surface area (TPSA) is 102 Å². The van der Waals surface area contributed by atoms with Crippen molar-refractivity contribution in [2.75, 3.05) is 6.54 Å². The zero-order valence-electron chi connectivity index (χ0n) is 11.1. The molecule has 0 aliphatic heterocycles. The minimum Gasteiger partial charge on any atom is -0.354 e. The molecule has 6 nitrogen and oxygen atoms in total. The summed E-state index contributed by atoms with van der Waals surface area (Å²) in [4.78, 5) is 26.4. The van der Waals surface area contributed by atoms with E-state index in [9.17, 15) is 14.9 Å². The number of aromatic nitrogens is 1. The van der Waals surface area contributed by atoms with Crippen LogP contribution in [0.15, 0.2) is 41.2 Å². The van der Waals surface area contributed by atoms with E-state index >= 15 is 0 Å². The van der Waals surface area contributed by atoms with Crippen molar-refractivity contribution >= 4 is 27.5 Å². The summed E-state index contributed by atoms with van der Waals surface area (Å²) in [7, 11) is 0. The molecule has 3 rings (SSSR count). The Kier molecular flexibility index (Phi) is 3.15. The van der Waals surface area contributed by atoms with Crippen LogP contribution in [-0.4, -0.2) is 16.5 Å². The summed E-state index contributed by atoms with van der Waals surface area (Å²) in [6.07, 6.45) is 0.544. The lowest BCUT2D eigenvalue weighted by molar-refractivity contribution is -0.383. The zero-order chi connectivity index (χ0) is 15.0. The zero-order valence-corrected chi connectivity index (χ0v) is 11.1. The second-order valence-electron chi connectivity index (χ2n) is 4.79. The summed E-state index contributed by atoms with van der Waals surface area (Å²) in [6.45, 7) is 0.405. The molecule has 0 spiro atoms. The van der Waals surface area contributed by atoms with E-state index in [1.165, 1.54) is 6.07 Å². The molecule has 0 radical (unpaired) electrons. The lowest BCUT2D eigenvalue weighted by Gasteiger charge is -2.08. The van der Waals surface area contributed by atoms with E-state index in [2.05, 4.69) is 4.98 Å². The lowest BCUT2D eigenvalue weighted by Crippen LogP contribution is -2.10. The smallest absolute Gasteiger partial charge is 0.282 e. The van der Waals surface area contributed by atoms with Crippen molar-refractivity contribution in [3.05, 3.63) is 62.3 Å². The van der Waals surface area contributed by atoms with E-state index in [0.717, 1.165) is 5.56 Å². The minimum atomic E-state index is -0.529. The maximum atomic E-state index is 12.6. The van der Waals surface area contributed by atoms with Crippen LogP contribution in [0.1, 0.15) is 5.56 Å². The second kappa shape index (κ2) is 4.99. The summed E-state index contributed by atoms with van der Waals surface area (Å²) in [5.74, 6) is 0. The monoisotopic (exact) mass is 283 g/mol. The molecule has 6 heteroatoms. The summed E-state index contributed by atoms with van der Waals surface area (Å²) in [5, 5.41) is 11.8. The third kappa shape index (κ3) is 2.05. The number of non-ortho nitro benzene ring substituents is 1. The van der Waals surface area contributed by atoms with Gasteiger partial charge < -0.3 is 10.7 Å². The Bertz CT molecular complexity index is 915. The molecule has 0 aliphatic rings. The van der Waals surface area contributed by atoms with Crippen molar-refractivity contribution in [3.63, 3.8) is 0 Å². The Morgan fingerprint density at radius 1 is 1.19 bits per heavy atom. The molecule has 21 heavy (non-hydrogen) atoms. The standard InChI is InChI=1S/C15H13N3O3/c16-8-7-9-5-6-12(18(20)21)13-14(9)17-11-4-2-1-3-10(11)15(13)19/h1-6H,7-8,16H2,(H,17,19). The highest BCUT2D eigenvalue weighted by Crippen LogP contribution is 2.26. The number of nitrogens with zero attached hydrogens (tertiary/aromatic N) is 1. The molecule has 1 aromatic heterocycles. The molecule has 0 saturated heterocycles. The van der Waals surface area contributed by atoms with Crippen LogP contribution in [0.2, 0.25) is 0 Å². The number of hydrogen-bond acceptors (Lipinski definition) is 4. The summed E-state index contributed by atoms with van der Waals surface area (Å²) < 4.78 is 0. The van der Waals surface area contributed by atoms with E-state index < -0.39 is 4.92 Å². The number of hydrogen-bond donors (Lipinski definition) is 2. The Labute approximate surface area is 119 Å². The van der Waals surface area contributed by atoms with E-state index in [1.54, 1.807) is 24.3 Å². The van der Waals surface area contributed by atoms with Gasteiger partial charge in [0.2, 0.25) is 5.43 Å². The van der Waals surface area contributed by atoms with Gasteiger partial charge in [0.1, 0.15) is 5.39 Å². The molecule has 2 aromatic carbocycles. The number of H-pyrrole nitrogens is 1. The number of aromatic amines is 1. The molecule has 106 valence electrons. The van der Waals surface area contributed by atoms with Gasteiger partial charge >= 0.3 is 0 Å². The molecule has 0 atom stereocenters. The van der Waals surface area contributed by atoms with E-state index in [1.807, 2.05) is 6.07 Å². The maximum Gasteiger partial charge on any atom is 0.282 e. The molecule has 1 heterocycles. The van der Waals surface area contributed by atoms with Crippen molar-refractivity contribution < 1.29 is 4.92 Å². The van der Waals surface area contributed by atoms with Crippen molar-refractivity contribution in [1.82, 2.24) is 4.98 Å². The minimum absolute atomic E-state index is 0.115. The normalized spacial score (nSPS) is 11.1. The predicted octanol–water partition coefficient (Wildman–Crippen LogP) is 2.09. The number of nitrogens with one attached hydrogen (secondary N) is 1. The first kappa shape index (κ1) is 13.3. The molecule has 0 bridgehead atoms.